The minimum Gasteiger partial charge on any atom is -0.381 e. The first-order valence-corrected chi connectivity index (χ1v) is 9.46. The number of carbonyl (C=O) groups excluding carboxylic acids is 2. The van der Waals surface area contributed by atoms with E-state index < -0.39 is 5.41 Å². The Morgan fingerprint density at radius 1 is 1.07 bits per heavy atom. The Morgan fingerprint density at radius 3 is 2.52 bits per heavy atom. The number of hydrogen-bond acceptors (Lipinski definition) is 3. The van der Waals surface area contributed by atoms with Gasteiger partial charge in [0.1, 0.15) is 0 Å². The average molecular weight is 364 g/mol. The molecule has 2 aliphatic rings. The van der Waals surface area contributed by atoms with Gasteiger partial charge >= 0.3 is 0 Å². The molecule has 5 heteroatoms. The molecule has 1 fully saturated rings. The lowest BCUT2D eigenvalue weighted by Crippen LogP contribution is -2.44. The lowest BCUT2D eigenvalue weighted by Gasteiger charge is -2.36. The number of carbonyl (C=O) groups is 2. The molecule has 0 saturated carbocycles. The average Bonchev–Trinajstić information content (AvgIpc) is 3.12. The van der Waals surface area contributed by atoms with Crippen molar-refractivity contribution in [2.75, 3.05) is 30.0 Å². The summed E-state index contributed by atoms with van der Waals surface area (Å²) < 4.78 is 5.52. The number of nitrogens with one attached hydrogen (secondary N) is 1. The third kappa shape index (κ3) is 3.23. The highest BCUT2D eigenvalue weighted by Gasteiger charge is 2.41. The Labute approximate surface area is 159 Å². The smallest absolute Gasteiger partial charge is 0.235 e. The lowest BCUT2D eigenvalue weighted by atomic mass is 9.73. The second-order valence-electron chi connectivity index (χ2n) is 7.28. The van der Waals surface area contributed by atoms with E-state index in [2.05, 4.69) is 5.32 Å². The van der Waals surface area contributed by atoms with Crippen molar-refractivity contribution in [1.29, 1.82) is 0 Å². The maximum atomic E-state index is 13.4. The molecular formula is C22H24N2O3. The molecular weight excluding hydrogens is 340 g/mol. The minimum atomic E-state index is -0.585. The molecule has 1 N–H and O–H groups in total. The standard InChI is InChI=1S/C22H24N2O3/c1-16(25)24-12-9-17-7-8-19(15-20(17)24)23-21(26)22(10-13-27-14-11-22)18-5-3-2-4-6-18/h2-8,15H,9-14H2,1H3,(H,23,26). The molecule has 0 spiro atoms. The highest BCUT2D eigenvalue weighted by Crippen LogP contribution is 2.37. The second-order valence-corrected chi connectivity index (χ2v) is 7.28. The van der Waals surface area contributed by atoms with Gasteiger partial charge in [0.05, 0.1) is 5.41 Å². The van der Waals surface area contributed by atoms with Crippen molar-refractivity contribution in [2.45, 2.75) is 31.6 Å². The second kappa shape index (κ2) is 7.16. The van der Waals surface area contributed by atoms with Crippen molar-refractivity contribution < 1.29 is 14.3 Å². The number of amides is 2. The molecule has 0 radical (unpaired) electrons. The van der Waals surface area contributed by atoms with Crippen LogP contribution in [0.5, 0.6) is 0 Å². The predicted molar refractivity (Wildman–Crippen MR) is 105 cm³/mol. The third-order valence-corrected chi connectivity index (χ3v) is 5.73. The Hall–Kier alpha value is -2.66. The number of benzene rings is 2. The molecule has 2 aliphatic heterocycles. The van der Waals surface area contributed by atoms with E-state index in [1.54, 1.807) is 11.8 Å². The van der Waals surface area contributed by atoms with E-state index in [1.807, 2.05) is 48.5 Å². The molecule has 1 saturated heterocycles. The van der Waals surface area contributed by atoms with E-state index in [0.717, 1.165) is 28.9 Å². The van der Waals surface area contributed by atoms with E-state index in [1.165, 1.54) is 0 Å². The van der Waals surface area contributed by atoms with Gasteiger partial charge in [-0.15, -0.1) is 0 Å². The molecule has 0 aromatic heterocycles. The van der Waals surface area contributed by atoms with Gasteiger partial charge in [0, 0.05) is 38.1 Å². The summed E-state index contributed by atoms with van der Waals surface area (Å²) in [5, 5.41) is 3.11. The summed E-state index contributed by atoms with van der Waals surface area (Å²) in [4.78, 5) is 27.0. The van der Waals surface area contributed by atoms with Crippen molar-refractivity contribution in [1.82, 2.24) is 0 Å². The van der Waals surface area contributed by atoms with Crippen LogP contribution >= 0.6 is 0 Å². The number of hydrogen-bond donors (Lipinski definition) is 1. The molecule has 0 unspecified atom stereocenters. The van der Waals surface area contributed by atoms with Crippen LogP contribution in [0.15, 0.2) is 48.5 Å². The van der Waals surface area contributed by atoms with Gasteiger partial charge in [-0.2, -0.15) is 0 Å². The van der Waals surface area contributed by atoms with Crippen LogP contribution in [-0.4, -0.2) is 31.6 Å². The predicted octanol–water partition coefficient (Wildman–Crippen LogP) is 3.28. The van der Waals surface area contributed by atoms with Gasteiger partial charge in [-0.25, -0.2) is 0 Å². The van der Waals surface area contributed by atoms with Crippen molar-refractivity contribution in [3.63, 3.8) is 0 Å². The normalized spacial score (nSPS) is 18.0. The zero-order valence-corrected chi connectivity index (χ0v) is 15.5. The summed E-state index contributed by atoms with van der Waals surface area (Å²) >= 11 is 0. The van der Waals surface area contributed by atoms with Crippen LogP contribution < -0.4 is 10.2 Å². The van der Waals surface area contributed by atoms with Crippen LogP contribution in [-0.2, 0) is 26.2 Å². The summed E-state index contributed by atoms with van der Waals surface area (Å²) in [6.45, 7) is 3.43. The fourth-order valence-corrected chi connectivity index (χ4v) is 4.16. The summed E-state index contributed by atoms with van der Waals surface area (Å²) in [5.74, 6) is 0.0201. The zero-order valence-electron chi connectivity index (χ0n) is 15.5. The summed E-state index contributed by atoms with van der Waals surface area (Å²) in [7, 11) is 0. The molecule has 5 nitrogen and oxygen atoms in total. The maximum Gasteiger partial charge on any atom is 0.235 e. The van der Waals surface area contributed by atoms with Gasteiger partial charge in [0.15, 0.2) is 0 Å². The first-order chi connectivity index (χ1) is 13.1. The Balaban J connectivity index is 1.63. The van der Waals surface area contributed by atoms with Crippen LogP contribution in [0.1, 0.15) is 30.9 Å². The highest BCUT2D eigenvalue weighted by molar-refractivity contribution is 6.01. The molecule has 2 amide bonds. The Kier molecular flexibility index (Phi) is 4.70. The van der Waals surface area contributed by atoms with Gasteiger partial charge in [-0.05, 0) is 42.5 Å². The van der Waals surface area contributed by atoms with Gasteiger partial charge in [-0.3, -0.25) is 9.59 Å². The molecule has 27 heavy (non-hydrogen) atoms. The number of fused-ring (bicyclic) bond motifs is 1. The Morgan fingerprint density at radius 2 is 1.81 bits per heavy atom. The fraction of sp³-hybridized carbons (Fsp3) is 0.364. The van der Waals surface area contributed by atoms with Crippen molar-refractivity contribution in [3.05, 3.63) is 59.7 Å². The molecule has 2 aromatic carbocycles. The first-order valence-electron chi connectivity index (χ1n) is 9.46. The first kappa shape index (κ1) is 17.7. The quantitative estimate of drug-likeness (QED) is 0.909. The van der Waals surface area contributed by atoms with Crippen molar-refractivity contribution >= 4 is 23.2 Å². The number of ether oxygens (including phenoxy) is 1. The monoisotopic (exact) mass is 364 g/mol. The van der Waals surface area contributed by atoms with E-state index >= 15 is 0 Å². The minimum absolute atomic E-state index is 0.00989. The van der Waals surface area contributed by atoms with Gasteiger partial charge in [0.25, 0.3) is 0 Å². The molecule has 4 rings (SSSR count). The van der Waals surface area contributed by atoms with E-state index in [4.69, 9.17) is 4.74 Å². The highest BCUT2D eigenvalue weighted by atomic mass is 16.5. The number of rotatable bonds is 3. The maximum absolute atomic E-state index is 13.4. The van der Waals surface area contributed by atoms with Gasteiger partial charge < -0.3 is 15.0 Å². The molecule has 0 atom stereocenters. The number of anilines is 2. The lowest BCUT2D eigenvalue weighted by molar-refractivity contribution is -0.125. The third-order valence-electron chi connectivity index (χ3n) is 5.73. The summed E-state index contributed by atoms with van der Waals surface area (Å²) in [6, 6.07) is 15.8. The Bertz CT molecular complexity index is 857. The molecule has 2 aromatic rings. The molecule has 0 bridgehead atoms. The largest absolute Gasteiger partial charge is 0.381 e. The summed E-state index contributed by atoms with van der Waals surface area (Å²) in [6.07, 6.45) is 2.18. The topological polar surface area (TPSA) is 58.6 Å². The van der Waals surface area contributed by atoms with Crippen LogP contribution in [0.2, 0.25) is 0 Å². The summed E-state index contributed by atoms with van der Waals surface area (Å²) in [5.41, 5.74) is 3.22. The van der Waals surface area contributed by atoms with E-state index in [9.17, 15) is 9.59 Å². The fourth-order valence-electron chi connectivity index (χ4n) is 4.16. The van der Waals surface area contributed by atoms with Crippen LogP contribution in [0.3, 0.4) is 0 Å². The molecule has 2 heterocycles. The van der Waals surface area contributed by atoms with Crippen LogP contribution in [0, 0.1) is 0 Å². The number of nitrogens with zero attached hydrogens (tertiary/aromatic N) is 1. The zero-order chi connectivity index (χ0) is 18.9. The van der Waals surface area contributed by atoms with E-state index in [0.29, 0.717) is 32.6 Å². The van der Waals surface area contributed by atoms with Crippen LogP contribution in [0.25, 0.3) is 0 Å². The molecule has 140 valence electrons. The van der Waals surface area contributed by atoms with Gasteiger partial charge in [-0.1, -0.05) is 36.4 Å². The van der Waals surface area contributed by atoms with Crippen molar-refractivity contribution in [2.24, 2.45) is 0 Å². The van der Waals surface area contributed by atoms with E-state index in [-0.39, 0.29) is 11.8 Å². The van der Waals surface area contributed by atoms with Gasteiger partial charge in [0.2, 0.25) is 11.8 Å². The molecule has 0 aliphatic carbocycles. The van der Waals surface area contributed by atoms with Crippen molar-refractivity contribution in [3.8, 4) is 0 Å². The SMILES string of the molecule is CC(=O)N1CCc2ccc(NC(=O)C3(c4ccccc4)CCOCC3)cc21. The van der Waals surface area contributed by atoms with Crippen LogP contribution in [0.4, 0.5) is 11.4 Å².